The van der Waals surface area contributed by atoms with Gasteiger partial charge < -0.3 is 4.42 Å². The van der Waals surface area contributed by atoms with Crippen LogP contribution in [0.25, 0.3) is 11.1 Å². The Labute approximate surface area is 114 Å². The fraction of sp³-hybridized carbons (Fsp3) is 0. The lowest BCUT2D eigenvalue weighted by molar-refractivity contribution is 0.617. The Kier molecular flexibility index (Phi) is 3.16. The maximum absolute atomic E-state index is 5.88. The van der Waals surface area contributed by atoms with Gasteiger partial charge in [-0.05, 0) is 29.8 Å². The summed E-state index contributed by atoms with van der Waals surface area (Å²) in [5, 5.41) is 4.73. The molecule has 3 aromatic rings. The lowest BCUT2D eigenvalue weighted by Crippen LogP contribution is -1.90. The summed E-state index contributed by atoms with van der Waals surface area (Å²) in [6.45, 7) is 0. The van der Waals surface area contributed by atoms with Crippen LogP contribution < -0.4 is 5.43 Å². The number of para-hydroxylation sites is 2. The Bertz CT molecular complexity index is 703. The molecule has 5 heteroatoms. The molecule has 1 N–H and O–H groups in total. The minimum Gasteiger partial charge on any atom is -0.422 e. The lowest BCUT2D eigenvalue weighted by Gasteiger charge is -1.94. The van der Waals surface area contributed by atoms with Gasteiger partial charge >= 0.3 is 6.01 Å². The van der Waals surface area contributed by atoms with Gasteiger partial charge in [0.05, 0.1) is 6.21 Å². The molecule has 0 aliphatic carbocycles. The van der Waals surface area contributed by atoms with E-state index in [9.17, 15) is 0 Å². The predicted octanol–water partition coefficient (Wildman–Crippen LogP) is 3.93. The van der Waals surface area contributed by atoms with Gasteiger partial charge in [0, 0.05) is 5.02 Å². The fourth-order valence-electron chi connectivity index (χ4n) is 1.67. The first kappa shape index (κ1) is 11.7. The molecule has 94 valence electrons. The minimum atomic E-state index is 0.361. The molecule has 0 aliphatic heterocycles. The highest BCUT2D eigenvalue weighted by atomic mass is 35.5. The quantitative estimate of drug-likeness (QED) is 0.580. The van der Waals surface area contributed by atoms with Crippen molar-refractivity contribution in [3.8, 4) is 0 Å². The van der Waals surface area contributed by atoms with Crippen molar-refractivity contribution in [1.29, 1.82) is 0 Å². The fourth-order valence-corrected chi connectivity index (χ4v) is 1.87. The van der Waals surface area contributed by atoms with E-state index in [1.807, 2.05) is 48.5 Å². The van der Waals surface area contributed by atoms with Crippen LogP contribution in [0.2, 0.25) is 5.02 Å². The molecule has 0 amide bonds. The molecule has 0 bridgehead atoms. The van der Waals surface area contributed by atoms with Gasteiger partial charge in [-0.3, -0.25) is 0 Å². The third-order valence-corrected chi connectivity index (χ3v) is 2.75. The van der Waals surface area contributed by atoms with E-state index in [0.29, 0.717) is 11.0 Å². The summed E-state index contributed by atoms with van der Waals surface area (Å²) in [7, 11) is 0. The summed E-state index contributed by atoms with van der Waals surface area (Å²) < 4.78 is 5.47. The van der Waals surface area contributed by atoms with Crippen molar-refractivity contribution < 1.29 is 4.42 Å². The summed E-state index contributed by atoms with van der Waals surface area (Å²) in [6.07, 6.45) is 1.65. The minimum absolute atomic E-state index is 0.361. The topological polar surface area (TPSA) is 50.4 Å². The number of aromatic nitrogens is 1. The van der Waals surface area contributed by atoms with Crippen LogP contribution in [0.1, 0.15) is 5.56 Å². The van der Waals surface area contributed by atoms with E-state index in [0.717, 1.165) is 16.7 Å². The number of nitrogens with zero attached hydrogens (tertiary/aromatic N) is 2. The van der Waals surface area contributed by atoms with Crippen LogP contribution in [0, 0.1) is 0 Å². The SMILES string of the molecule is Clc1cccc(/C=N/Nc2nc3ccccc3o2)c1. The molecule has 4 nitrogen and oxygen atoms in total. The Morgan fingerprint density at radius 1 is 1.16 bits per heavy atom. The Morgan fingerprint density at radius 3 is 2.89 bits per heavy atom. The van der Waals surface area contributed by atoms with Crippen LogP contribution >= 0.6 is 11.6 Å². The van der Waals surface area contributed by atoms with Crippen LogP contribution in [0.4, 0.5) is 6.01 Å². The van der Waals surface area contributed by atoms with Crippen LogP contribution in [0.3, 0.4) is 0 Å². The Hall–Kier alpha value is -2.33. The molecule has 0 atom stereocenters. The van der Waals surface area contributed by atoms with E-state index in [1.165, 1.54) is 0 Å². The predicted molar refractivity (Wildman–Crippen MR) is 76.7 cm³/mol. The van der Waals surface area contributed by atoms with Crippen molar-refractivity contribution in [2.75, 3.05) is 5.43 Å². The summed E-state index contributed by atoms with van der Waals surface area (Å²) in [5.74, 6) is 0. The van der Waals surface area contributed by atoms with E-state index in [2.05, 4.69) is 15.5 Å². The highest BCUT2D eigenvalue weighted by Crippen LogP contribution is 2.17. The first-order chi connectivity index (χ1) is 9.31. The molecule has 2 aromatic carbocycles. The molecular formula is C14H10ClN3O. The molecule has 1 aromatic heterocycles. The lowest BCUT2D eigenvalue weighted by atomic mass is 10.2. The van der Waals surface area contributed by atoms with Gasteiger partial charge in [0.25, 0.3) is 0 Å². The molecule has 1 heterocycles. The van der Waals surface area contributed by atoms with Gasteiger partial charge in [0.2, 0.25) is 0 Å². The average molecular weight is 272 g/mol. The van der Waals surface area contributed by atoms with Gasteiger partial charge in [0.1, 0.15) is 5.52 Å². The van der Waals surface area contributed by atoms with Crippen molar-refractivity contribution in [1.82, 2.24) is 4.98 Å². The first-order valence-corrected chi connectivity index (χ1v) is 6.09. The van der Waals surface area contributed by atoms with Gasteiger partial charge in [-0.15, -0.1) is 0 Å². The smallest absolute Gasteiger partial charge is 0.316 e. The van der Waals surface area contributed by atoms with E-state index in [-0.39, 0.29) is 0 Å². The monoisotopic (exact) mass is 271 g/mol. The van der Waals surface area contributed by atoms with Gasteiger partial charge in [-0.2, -0.15) is 10.1 Å². The average Bonchev–Trinajstić information content (AvgIpc) is 2.81. The molecule has 19 heavy (non-hydrogen) atoms. The molecule has 0 radical (unpaired) electrons. The Morgan fingerprint density at radius 2 is 2.05 bits per heavy atom. The van der Waals surface area contributed by atoms with E-state index in [1.54, 1.807) is 6.21 Å². The van der Waals surface area contributed by atoms with Crippen molar-refractivity contribution in [3.05, 3.63) is 59.1 Å². The van der Waals surface area contributed by atoms with Crippen LogP contribution in [-0.2, 0) is 0 Å². The molecular weight excluding hydrogens is 262 g/mol. The second kappa shape index (κ2) is 5.12. The third kappa shape index (κ3) is 2.74. The summed E-state index contributed by atoms with van der Waals surface area (Å²) in [6, 6.07) is 15.3. The van der Waals surface area contributed by atoms with Gasteiger partial charge in [-0.25, -0.2) is 5.43 Å². The highest BCUT2D eigenvalue weighted by molar-refractivity contribution is 6.30. The zero-order chi connectivity index (χ0) is 13.1. The second-order valence-electron chi connectivity index (χ2n) is 3.91. The molecule has 0 saturated carbocycles. The molecule has 0 aliphatic rings. The maximum Gasteiger partial charge on any atom is 0.316 e. The van der Waals surface area contributed by atoms with E-state index >= 15 is 0 Å². The number of hydrogen-bond donors (Lipinski definition) is 1. The molecule has 3 rings (SSSR count). The number of halogens is 1. The standard InChI is InChI=1S/C14H10ClN3O/c15-11-5-3-4-10(8-11)9-16-18-14-17-12-6-1-2-7-13(12)19-14/h1-9H,(H,17,18)/b16-9+. The number of fused-ring (bicyclic) bond motifs is 1. The highest BCUT2D eigenvalue weighted by Gasteiger charge is 2.02. The number of hydrogen-bond acceptors (Lipinski definition) is 4. The second-order valence-corrected chi connectivity index (χ2v) is 4.35. The van der Waals surface area contributed by atoms with Crippen molar-refractivity contribution >= 4 is 34.9 Å². The summed E-state index contributed by atoms with van der Waals surface area (Å²) in [5.41, 5.74) is 5.17. The first-order valence-electron chi connectivity index (χ1n) is 5.71. The summed E-state index contributed by atoms with van der Waals surface area (Å²) in [4.78, 5) is 4.24. The van der Waals surface area contributed by atoms with Crippen LogP contribution in [-0.4, -0.2) is 11.2 Å². The molecule has 0 fully saturated rings. The Balaban J connectivity index is 1.75. The number of nitrogens with one attached hydrogen (secondary N) is 1. The van der Waals surface area contributed by atoms with Crippen molar-refractivity contribution in [2.45, 2.75) is 0 Å². The zero-order valence-corrected chi connectivity index (χ0v) is 10.6. The zero-order valence-electron chi connectivity index (χ0n) is 9.88. The number of anilines is 1. The molecule has 0 spiro atoms. The van der Waals surface area contributed by atoms with Crippen molar-refractivity contribution in [2.24, 2.45) is 5.10 Å². The van der Waals surface area contributed by atoms with Gasteiger partial charge in [0.15, 0.2) is 5.58 Å². The number of rotatable bonds is 3. The molecule has 0 unspecified atom stereocenters. The van der Waals surface area contributed by atoms with Crippen LogP contribution in [0.5, 0.6) is 0 Å². The van der Waals surface area contributed by atoms with Crippen LogP contribution in [0.15, 0.2) is 58.0 Å². The molecule has 0 saturated heterocycles. The maximum atomic E-state index is 5.88. The number of benzene rings is 2. The number of hydrazone groups is 1. The number of oxazole rings is 1. The normalized spacial score (nSPS) is 11.2. The van der Waals surface area contributed by atoms with Crippen molar-refractivity contribution in [3.63, 3.8) is 0 Å². The summed E-state index contributed by atoms with van der Waals surface area (Å²) >= 11 is 5.88. The van der Waals surface area contributed by atoms with E-state index < -0.39 is 0 Å². The largest absolute Gasteiger partial charge is 0.422 e. The third-order valence-electron chi connectivity index (χ3n) is 2.52. The van der Waals surface area contributed by atoms with Gasteiger partial charge in [-0.1, -0.05) is 35.9 Å². The van der Waals surface area contributed by atoms with E-state index in [4.69, 9.17) is 16.0 Å².